The zero-order valence-corrected chi connectivity index (χ0v) is 69.0. The molecule has 2 unspecified atom stereocenters. The van der Waals surface area contributed by atoms with Crippen molar-refractivity contribution in [3.8, 4) is 0 Å². The molecular formula is C89H146O17P2. The Morgan fingerprint density at radius 2 is 0.500 bits per heavy atom. The minimum atomic E-state index is -5.02. The van der Waals surface area contributed by atoms with E-state index in [0.29, 0.717) is 38.5 Å². The number of phosphoric ester groups is 2. The highest BCUT2D eigenvalue weighted by atomic mass is 31.2. The number of hydrogen-bond donors (Lipinski definition) is 3. The monoisotopic (exact) mass is 1550 g/mol. The summed E-state index contributed by atoms with van der Waals surface area (Å²) >= 11 is 0. The Kier molecular flexibility index (Phi) is 75.4. The third kappa shape index (κ3) is 78.5. The number of esters is 4. The average molecular weight is 1550 g/mol. The normalized spacial score (nSPS) is 14.7. The lowest BCUT2D eigenvalue weighted by Gasteiger charge is -2.21. The largest absolute Gasteiger partial charge is 0.472 e. The van der Waals surface area contributed by atoms with Gasteiger partial charge >= 0.3 is 39.5 Å². The van der Waals surface area contributed by atoms with Gasteiger partial charge in [-0.05, 0) is 154 Å². The molecule has 614 valence electrons. The van der Waals surface area contributed by atoms with E-state index in [1.54, 1.807) is 0 Å². The van der Waals surface area contributed by atoms with E-state index >= 15 is 0 Å². The maximum absolute atomic E-state index is 13.1. The number of carbonyl (C=O) groups excluding carboxylic acids is 4. The molecule has 0 aliphatic carbocycles. The summed E-state index contributed by atoms with van der Waals surface area (Å²) in [6.45, 7) is 4.45. The van der Waals surface area contributed by atoms with Crippen LogP contribution in [0.5, 0.6) is 0 Å². The highest BCUT2D eigenvalue weighted by molar-refractivity contribution is 7.47. The lowest BCUT2D eigenvalue weighted by molar-refractivity contribution is -0.161. The second-order valence-electron chi connectivity index (χ2n) is 26.9. The number of aliphatic hydroxyl groups is 1. The summed E-state index contributed by atoms with van der Waals surface area (Å²) in [6.07, 6.45) is 95.0. The average Bonchev–Trinajstić information content (AvgIpc) is 0.896. The van der Waals surface area contributed by atoms with Gasteiger partial charge in [0.2, 0.25) is 0 Å². The van der Waals surface area contributed by atoms with Gasteiger partial charge in [-0.15, -0.1) is 0 Å². The van der Waals surface area contributed by atoms with Crippen molar-refractivity contribution in [3.05, 3.63) is 170 Å². The first-order valence-corrected chi connectivity index (χ1v) is 44.4. The molecule has 0 fully saturated rings. The molecule has 17 nitrogen and oxygen atoms in total. The van der Waals surface area contributed by atoms with Crippen molar-refractivity contribution in [2.24, 2.45) is 0 Å². The molecular weight excluding hydrogens is 1400 g/mol. The quantitative estimate of drug-likeness (QED) is 0.0169. The van der Waals surface area contributed by atoms with Crippen molar-refractivity contribution in [1.29, 1.82) is 0 Å². The molecule has 0 aromatic carbocycles. The Bertz CT molecular complexity index is 2710. The van der Waals surface area contributed by atoms with Crippen LogP contribution in [0.3, 0.4) is 0 Å². The summed E-state index contributed by atoms with van der Waals surface area (Å²) in [4.78, 5) is 73.1. The molecule has 0 heterocycles. The number of rotatable bonds is 76. The number of hydrogen-bond acceptors (Lipinski definition) is 15. The van der Waals surface area contributed by atoms with E-state index in [0.717, 1.165) is 154 Å². The number of allylic oxidation sites excluding steroid dienone is 28. The molecule has 3 N–H and O–H groups in total. The van der Waals surface area contributed by atoms with Gasteiger partial charge in [-0.25, -0.2) is 9.13 Å². The molecule has 0 aromatic rings. The second-order valence-corrected chi connectivity index (χ2v) is 29.8. The first kappa shape index (κ1) is 102. The first-order valence-electron chi connectivity index (χ1n) is 41.4. The van der Waals surface area contributed by atoms with Crippen LogP contribution in [-0.2, 0) is 65.4 Å². The number of unbranched alkanes of at least 4 members (excludes halogenated alkanes) is 22. The van der Waals surface area contributed by atoms with Crippen LogP contribution in [0.15, 0.2) is 170 Å². The molecule has 0 aromatic heterocycles. The van der Waals surface area contributed by atoms with Gasteiger partial charge in [0, 0.05) is 25.7 Å². The predicted molar refractivity (Wildman–Crippen MR) is 445 cm³/mol. The lowest BCUT2D eigenvalue weighted by Crippen LogP contribution is -2.30. The van der Waals surface area contributed by atoms with E-state index in [-0.39, 0.29) is 25.7 Å². The van der Waals surface area contributed by atoms with Crippen LogP contribution >= 0.6 is 15.6 Å². The minimum absolute atomic E-state index is 0.0139. The van der Waals surface area contributed by atoms with E-state index in [1.165, 1.54) is 64.2 Å². The van der Waals surface area contributed by atoms with Crippen molar-refractivity contribution in [1.82, 2.24) is 0 Å². The molecule has 0 radical (unpaired) electrons. The van der Waals surface area contributed by atoms with Gasteiger partial charge in [-0.2, -0.15) is 0 Å². The van der Waals surface area contributed by atoms with E-state index in [4.69, 9.17) is 37.0 Å². The van der Waals surface area contributed by atoms with Gasteiger partial charge in [0.05, 0.1) is 26.4 Å². The molecule has 0 saturated heterocycles. The number of aliphatic hydroxyl groups excluding tert-OH is 1. The summed E-state index contributed by atoms with van der Waals surface area (Å²) in [7, 11) is -10.0. The van der Waals surface area contributed by atoms with Gasteiger partial charge in [0.25, 0.3) is 0 Å². The summed E-state index contributed by atoms with van der Waals surface area (Å²) < 4.78 is 68.5. The predicted octanol–water partition coefficient (Wildman–Crippen LogP) is 24.6. The van der Waals surface area contributed by atoms with Crippen LogP contribution in [0.2, 0.25) is 0 Å². The SMILES string of the molecule is CC/C=C\C/C=C\C/C=C\C/C=C\C/C=C\C/C=C\CCC(=O)OC[C@H](COP(=O)(O)OC[C@@H](O)COP(=O)(O)OC[C@@H](COC(=O)CCCCCCC/C=C\CCCCCCCC)OC(=O)CCCCCCCCC/C=C\CCCCCC)OC(=O)CC/C=C\C/C=C\C/C=C\C/C=C\C/C=C\C/C=C\CC. The molecule has 0 amide bonds. The molecule has 5 atom stereocenters. The Hall–Kier alpha value is -5.58. The molecule has 0 aliphatic heterocycles. The zero-order valence-electron chi connectivity index (χ0n) is 67.2. The number of carbonyl (C=O) groups is 4. The summed E-state index contributed by atoms with van der Waals surface area (Å²) in [5.41, 5.74) is 0. The first-order chi connectivity index (χ1) is 52.7. The fraction of sp³-hybridized carbons (Fsp3) is 0.640. The Morgan fingerprint density at radius 1 is 0.269 bits per heavy atom. The van der Waals surface area contributed by atoms with Crippen molar-refractivity contribution >= 4 is 39.5 Å². The maximum Gasteiger partial charge on any atom is 0.472 e. The zero-order chi connectivity index (χ0) is 78.9. The van der Waals surface area contributed by atoms with Crippen LogP contribution in [-0.4, -0.2) is 96.7 Å². The van der Waals surface area contributed by atoms with Gasteiger partial charge in [-0.1, -0.05) is 301 Å². The van der Waals surface area contributed by atoms with E-state index in [2.05, 4.69) is 161 Å². The molecule has 19 heteroatoms. The lowest BCUT2D eigenvalue weighted by atomic mass is 10.1. The highest BCUT2D eigenvalue weighted by Gasteiger charge is 2.30. The van der Waals surface area contributed by atoms with Crippen LogP contribution in [0.25, 0.3) is 0 Å². The number of phosphoric acid groups is 2. The van der Waals surface area contributed by atoms with Crippen LogP contribution < -0.4 is 0 Å². The van der Waals surface area contributed by atoms with Gasteiger partial charge in [-0.3, -0.25) is 37.3 Å². The van der Waals surface area contributed by atoms with Crippen molar-refractivity contribution in [3.63, 3.8) is 0 Å². The third-order valence-electron chi connectivity index (χ3n) is 16.7. The standard InChI is InChI=1S/C89H146O17P2/c1-5-9-13-17-21-25-29-33-37-39-41-43-47-50-54-58-62-66-70-74-87(92)100-80-85(106-89(94)76-72-68-64-60-56-52-48-44-42-40-38-34-30-26-22-18-14-10-6-2)82-104-108(97,98)102-78-83(90)77-101-107(95,96)103-81-84(105-88(93)75-71-67-63-59-55-51-46-36-32-28-24-20-16-12-8-4)79-99-86(91)73-69-65-61-57-53-49-45-35-31-27-23-19-15-11-7-3/h9-10,13-14,21-22,25-26,28,32-35,37-38,41-45,50,52,54,56,62,64,66,68,83-85,90H,5-8,11-12,15-20,23-24,27,29-31,36,39-40,46-49,51,53,55,57-61,63,65,67,69-82H2,1-4H3,(H,95,96)(H,97,98)/b13-9-,14-10-,25-21-,26-22-,32-28-,37-33-,38-34-,43-41-,44-42-,45-35-,54-50-,56-52-,66-62-,68-64-/t83-,84+,85+/m0/s1. The maximum atomic E-state index is 13.1. The van der Waals surface area contributed by atoms with Crippen LogP contribution in [0.1, 0.15) is 310 Å². The van der Waals surface area contributed by atoms with E-state index < -0.39 is 97.5 Å². The molecule has 108 heavy (non-hydrogen) atoms. The van der Waals surface area contributed by atoms with Crippen LogP contribution in [0, 0.1) is 0 Å². The highest BCUT2D eigenvalue weighted by Crippen LogP contribution is 2.45. The van der Waals surface area contributed by atoms with Crippen LogP contribution in [0.4, 0.5) is 0 Å². The Labute approximate surface area is 654 Å². The fourth-order valence-electron chi connectivity index (χ4n) is 10.4. The van der Waals surface area contributed by atoms with E-state index in [9.17, 15) is 43.2 Å². The Morgan fingerprint density at radius 3 is 0.824 bits per heavy atom. The Balaban J connectivity index is 5.53. The minimum Gasteiger partial charge on any atom is -0.462 e. The van der Waals surface area contributed by atoms with Gasteiger partial charge in [0.1, 0.15) is 19.3 Å². The molecule has 0 spiro atoms. The topological polar surface area (TPSA) is 237 Å². The molecule has 0 saturated carbocycles. The fourth-order valence-corrected chi connectivity index (χ4v) is 12.0. The third-order valence-corrected chi connectivity index (χ3v) is 18.6. The second kappa shape index (κ2) is 79.5. The van der Waals surface area contributed by atoms with Gasteiger partial charge in [0.15, 0.2) is 12.2 Å². The smallest absolute Gasteiger partial charge is 0.462 e. The van der Waals surface area contributed by atoms with E-state index in [1.807, 2.05) is 36.5 Å². The van der Waals surface area contributed by atoms with Crippen molar-refractivity contribution in [2.45, 2.75) is 329 Å². The number of ether oxygens (including phenoxy) is 4. The van der Waals surface area contributed by atoms with Crippen molar-refractivity contribution in [2.75, 3.05) is 39.6 Å². The molecule has 0 rings (SSSR count). The van der Waals surface area contributed by atoms with Gasteiger partial charge < -0.3 is 33.8 Å². The molecule has 0 aliphatic rings. The summed E-state index contributed by atoms with van der Waals surface area (Å²) in [5.74, 6) is -2.39. The van der Waals surface area contributed by atoms with Crippen molar-refractivity contribution < 1.29 is 80.2 Å². The summed E-state index contributed by atoms with van der Waals surface area (Å²) in [6, 6.07) is 0. The summed E-state index contributed by atoms with van der Waals surface area (Å²) in [5, 5.41) is 10.7. The molecule has 0 bridgehead atoms.